The van der Waals surface area contributed by atoms with Crippen LogP contribution in [-0.4, -0.2) is 9.55 Å². The lowest BCUT2D eigenvalue weighted by molar-refractivity contribution is 0.557. The van der Waals surface area contributed by atoms with Crippen LogP contribution in [0.1, 0.15) is 49.7 Å². The van der Waals surface area contributed by atoms with Gasteiger partial charge in [0.05, 0.1) is 16.9 Å². The molecule has 3 rings (SSSR count). The zero-order valence-electron chi connectivity index (χ0n) is 11.4. The molecule has 2 N–H and O–H groups in total. The molecule has 1 fully saturated rings. The Morgan fingerprint density at radius 2 is 2.21 bits per heavy atom. The molecular weight excluding hydrogens is 238 g/mol. The lowest BCUT2D eigenvalue weighted by Gasteiger charge is -2.17. The minimum absolute atomic E-state index is 0.0736. The minimum atomic E-state index is -0.168. The van der Waals surface area contributed by atoms with Crippen LogP contribution in [-0.2, 0) is 0 Å². The van der Waals surface area contributed by atoms with Crippen molar-refractivity contribution < 1.29 is 0 Å². The summed E-state index contributed by atoms with van der Waals surface area (Å²) in [5.41, 5.74) is 7.96. The van der Waals surface area contributed by atoms with Crippen LogP contribution >= 0.6 is 0 Å². The van der Waals surface area contributed by atoms with Gasteiger partial charge < -0.3 is 5.73 Å². The average molecular weight is 257 g/mol. The number of aromatic nitrogens is 2. The molecule has 1 aromatic carbocycles. The van der Waals surface area contributed by atoms with Crippen molar-refractivity contribution in [2.75, 3.05) is 0 Å². The van der Waals surface area contributed by atoms with Crippen molar-refractivity contribution in [1.29, 1.82) is 0 Å². The first-order valence-electron chi connectivity index (χ1n) is 6.90. The van der Waals surface area contributed by atoms with Gasteiger partial charge in [-0.05, 0) is 37.8 Å². The first-order valence-corrected chi connectivity index (χ1v) is 6.90. The average Bonchev–Trinajstić information content (AvgIpc) is 3.21. The Hall–Kier alpha value is -1.68. The third-order valence-corrected chi connectivity index (χ3v) is 3.85. The molecule has 1 heterocycles. The second-order valence-electron chi connectivity index (χ2n) is 5.36. The zero-order chi connectivity index (χ0) is 13.6. The summed E-state index contributed by atoms with van der Waals surface area (Å²) in [5.74, 6) is 0.744. The predicted octanol–water partition coefficient (Wildman–Crippen LogP) is 2.45. The standard InChI is InChI=1S/C15H19N3O/c1-3-11(16)14-17-12-6-4-5-9(2)13(12)15(19)18(14)10-7-8-10/h4-6,10-11H,3,7-8,16H2,1-2H3. The Morgan fingerprint density at radius 1 is 1.47 bits per heavy atom. The van der Waals surface area contributed by atoms with Crippen molar-refractivity contribution in [2.24, 2.45) is 5.73 Å². The summed E-state index contributed by atoms with van der Waals surface area (Å²) in [7, 11) is 0. The Labute approximate surface area is 112 Å². The fourth-order valence-corrected chi connectivity index (χ4v) is 2.56. The molecule has 4 heteroatoms. The van der Waals surface area contributed by atoms with Crippen LogP contribution in [0.5, 0.6) is 0 Å². The maximum absolute atomic E-state index is 12.7. The Bertz CT molecular complexity index is 686. The second kappa shape index (κ2) is 4.46. The van der Waals surface area contributed by atoms with Crippen LogP contribution in [0.25, 0.3) is 10.9 Å². The zero-order valence-corrected chi connectivity index (χ0v) is 11.4. The number of benzene rings is 1. The highest BCUT2D eigenvalue weighted by Crippen LogP contribution is 2.36. The molecule has 19 heavy (non-hydrogen) atoms. The first-order chi connectivity index (χ1) is 9.13. The molecule has 0 bridgehead atoms. The number of nitrogens with zero attached hydrogens (tertiary/aromatic N) is 2. The summed E-state index contributed by atoms with van der Waals surface area (Å²) in [5, 5.41) is 0.737. The lowest BCUT2D eigenvalue weighted by Crippen LogP contribution is -2.29. The van der Waals surface area contributed by atoms with Crippen molar-refractivity contribution in [3.05, 3.63) is 39.9 Å². The van der Waals surface area contributed by atoms with E-state index >= 15 is 0 Å². The number of fused-ring (bicyclic) bond motifs is 1. The summed E-state index contributed by atoms with van der Waals surface area (Å²) in [6.07, 6.45) is 2.90. The van der Waals surface area contributed by atoms with E-state index in [0.717, 1.165) is 41.6 Å². The van der Waals surface area contributed by atoms with Gasteiger partial charge in [0.25, 0.3) is 5.56 Å². The second-order valence-corrected chi connectivity index (χ2v) is 5.36. The van der Waals surface area contributed by atoms with Gasteiger partial charge in [-0.3, -0.25) is 9.36 Å². The van der Waals surface area contributed by atoms with Gasteiger partial charge >= 0.3 is 0 Å². The third kappa shape index (κ3) is 1.96. The summed E-state index contributed by atoms with van der Waals surface area (Å²) >= 11 is 0. The number of rotatable bonds is 3. The van der Waals surface area contributed by atoms with Gasteiger partial charge in [-0.15, -0.1) is 0 Å². The van der Waals surface area contributed by atoms with Crippen molar-refractivity contribution in [3.8, 4) is 0 Å². The largest absolute Gasteiger partial charge is 0.321 e. The number of hydrogen-bond acceptors (Lipinski definition) is 3. The molecule has 0 spiro atoms. The first kappa shape index (κ1) is 12.4. The van der Waals surface area contributed by atoms with E-state index in [1.807, 2.05) is 36.6 Å². The maximum atomic E-state index is 12.7. The van der Waals surface area contributed by atoms with Crippen molar-refractivity contribution in [3.63, 3.8) is 0 Å². The molecule has 1 aliphatic rings. The minimum Gasteiger partial charge on any atom is -0.321 e. The summed E-state index contributed by atoms with van der Waals surface area (Å²) in [4.78, 5) is 17.4. The normalized spacial score (nSPS) is 16.8. The molecule has 100 valence electrons. The monoisotopic (exact) mass is 257 g/mol. The van der Waals surface area contributed by atoms with Gasteiger partial charge in [-0.1, -0.05) is 19.1 Å². The summed E-state index contributed by atoms with van der Waals surface area (Å²) in [6, 6.07) is 5.93. The predicted molar refractivity (Wildman–Crippen MR) is 76.2 cm³/mol. The Balaban J connectivity index is 2.37. The van der Waals surface area contributed by atoms with Gasteiger partial charge in [0.2, 0.25) is 0 Å². The van der Waals surface area contributed by atoms with E-state index in [1.54, 1.807) is 0 Å². The summed E-state index contributed by atoms with van der Waals surface area (Å²) in [6.45, 7) is 3.98. The summed E-state index contributed by atoms with van der Waals surface area (Å²) < 4.78 is 1.84. The van der Waals surface area contributed by atoms with Crippen molar-refractivity contribution in [1.82, 2.24) is 9.55 Å². The molecular formula is C15H19N3O. The molecule has 0 amide bonds. The molecule has 1 unspecified atom stereocenters. The van der Waals surface area contributed by atoms with E-state index in [4.69, 9.17) is 5.73 Å². The smallest absolute Gasteiger partial charge is 0.261 e. The lowest BCUT2D eigenvalue weighted by atomic mass is 10.1. The number of nitrogens with two attached hydrogens (primary N) is 1. The highest BCUT2D eigenvalue weighted by Gasteiger charge is 2.29. The molecule has 1 saturated carbocycles. The van der Waals surface area contributed by atoms with E-state index in [-0.39, 0.29) is 11.6 Å². The molecule has 0 aliphatic heterocycles. The van der Waals surface area contributed by atoms with E-state index in [1.165, 1.54) is 0 Å². The molecule has 1 atom stereocenters. The van der Waals surface area contributed by atoms with Gasteiger partial charge in [0, 0.05) is 6.04 Å². The van der Waals surface area contributed by atoms with Crippen molar-refractivity contribution in [2.45, 2.75) is 45.2 Å². The number of hydrogen-bond donors (Lipinski definition) is 1. The van der Waals surface area contributed by atoms with E-state index < -0.39 is 0 Å². The van der Waals surface area contributed by atoms with Crippen molar-refractivity contribution >= 4 is 10.9 Å². The van der Waals surface area contributed by atoms with Crippen LogP contribution in [0, 0.1) is 6.92 Å². The van der Waals surface area contributed by atoms with E-state index in [9.17, 15) is 4.79 Å². The van der Waals surface area contributed by atoms with Crippen LogP contribution in [0.3, 0.4) is 0 Å². The number of aryl methyl sites for hydroxylation is 1. The van der Waals surface area contributed by atoms with Gasteiger partial charge in [-0.25, -0.2) is 4.98 Å². The van der Waals surface area contributed by atoms with Crippen LogP contribution < -0.4 is 11.3 Å². The highest BCUT2D eigenvalue weighted by molar-refractivity contribution is 5.81. The molecule has 1 aromatic heterocycles. The molecule has 0 saturated heterocycles. The Kier molecular flexibility index (Phi) is 2.90. The van der Waals surface area contributed by atoms with Crippen LogP contribution in [0.2, 0.25) is 0 Å². The van der Waals surface area contributed by atoms with Gasteiger partial charge in [-0.2, -0.15) is 0 Å². The van der Waals surface area contributed by atoms with E-state index in [0.29, 0.717) is 6.04 Å². The van der Waals surface area contributed by atoms with Crippen LogP contribution in [0.15, 0.2) is 23.0 Å². The third-order valence-electron chi connectivity index (χ3n) is 3.85. The quantitative estimate of drug-likeness (QED) is 0.918. The molecule has 1 aliphatic carbocycles. The highest BCUT2D eigenvalue weighted by atomic mass is 16.1. The maximum Gasteiger partial charge on any atom is 0.261 e. The molecule has 0 radical (unpaired) electrons. The molecule has 4 nitrogen and oxygen atoms in total. The van der Waals surface area contributed by atoms with Gasteiger partial charge in [0.15, 0.2) is 0 Å². The van der Waals surface area contributed by atoms with E-state index in [2.05, 4.69) is 4.98 Å². The Morgan fingerprint density at radius 3 is 2.84 bits per heavy atom. The van der Waals surface area contributed by atoms with Crippen LogP contribution in [0.4, 0.5) is 0 Å². The molecule has 2 aromatic rings. The fourth-order valence-electron chi connectivity index (χ4n) is 2.56. The van der Waals surface area contributed by atoms with Gasteiger partial charge in [0.1, 0.15) is 5.82 Å². The fraction of sp³-hybridized carbons (Fsp3) is 0.467. The SMILES string of the molecule is CCC(N)c1nc2cccc(C)c2c(=O)n1C1CC1. The topological polar surface area (TPSA) is 60.9 Å².